The highest BCUT2D eigenvalue weighted by Gasteiger charge is 2.23. The molecule has 1 amide bonds. The minimum atomic E-state index is -1.27. The minimum Gasteiger partial charge on any atom is -0.476 e. The van der Waals surface area contributed by atoms with Crippen LogP contribution in [0.1, 0.15) is 22.2 Å². The van der Waals surface area contributed by atoms with Crippen LogP contribution in [0, 0.1) is 0 Å². The lowest BCUT2D eigenvalue weighted by Gasteiger charge is -2.15. The zero-order chi connectivity index (χ0) is 15.2. The maximum atomic E-state index is 12.2. The summed E-state index contributed by atoms with van der Waals surface area (Å²) in [5.74, 6) is -1.91. The number of aromatic nitrogens is 2. The minimum absolute atomic E-state index is 0.118. The quantitative estimate of drug-likeness (QED) is 0.864. The normalized spacial score (nSPS) is 11.7. The van der Waals surface area contributed by atoms with Crippen LogP contribution in [0.25, 0.3) is 0 Å². The number of carbonyl (C=O) groups excluding carboxylic acids is 1. The van der Waals surface area contributed by atoms with Crippen molar-refractivity contribution >= 4 is 17.7 Å². The van der Waals surface area contributed by atoms with E-state index in [1.807, 2.05) is 6.07 Å². The van der Waals surface area contributed by atoms with Gasteiger partial charge in [0.2, 0.25) is 0 Å². The molecule has 0 radical (unpaired) electrons. The summed E-state index contributed by atoms with van der Waals surface area (Å²) in [6.45, 7) is 0. The third-order valence-electron chi connectivity index (χ3n) is 2.72. The zero-order valence-corrected chi connectivity index (χ0v) is 11.2. The largest absolute Gasteiger partial charge is 0.476 e. The van der Waals surface area contributed by atoms with E-state index in [0.717, 1.165) is 0 Å². The number of carboxylic acid groups (broad SMARTS) is 1. The van der Waals surface area contributed by atoms with Crippen molar-refractivity contribution in [2.75, 3.05) is 12.4 Å². The summed E-state index contributed by atoms with van der Waals surface area (Å²) in [4.78, 5) is 30.7. The molecule has 1 atom stereocenters. The molecular weight excluding hydrogens is 274 g/mol. The van der Waals surface area contributed by atoms with Gasteiger partial charge in [0, 0.05) is 19.5 Å². The molecule has 0 spiro atoms. The average Bonchev–Trinajstić information content (AvgIpc) is 2.49. The number of benzene rings is 1. The van der Waals surface area contributed by atoms with Crippen LogP contribution in [-0.2, 0) is 9.53 Å². The number of ether oxygens (including phenoxy) is 1. The van der Waals surface area contributed by atoms with Crippen LogP contribution in [0.2, 0.25) is 0 Å². The number of carbonyl (C=O) groups is 2. The zero-order valence-electron chi connectivity index (χ0n) is 11.2. The van der Waals surface area contributed by atoms with Crippen LogP contribution in [0.5, 0.6) is 0 Å². The predicted octanol–water partition coefficient (Wildman–Crippen LogP) is 1.50. The Morgan fingerprint density at radius 2 is 1.86 bits per heavy atom. The lowest BCUT2D eigenvalue weighted by Crippen LogP contribution is -2.24. The average molecular weight is 287 g/mol. The van der Waals surface area contributed by atoms with Crippen molar-refractivity contribution in [2.24, 2.45) is 0 Å². The van der Waals surface area contributed by atoms with Crippen molar-refractivity contribution in [3.63, 3.8) is 0 Å². The number of amides is 1. The summed E-state index contributed by atoms with van der Waals surface area (Å²) in [5.41, 5.74) is 0.326. The molecule has 0 bridgehead atoms. The molecule has 1 aromatic heterocycles. The number of hydrogen-bond donors (Lipinski definition) is 2. The van der Waals surface area contributed by atoms with E-state index in [0.29, 0.717) is 5.56 Å². The Bertz CT molecular complexity index is 646. The molecule has 7 heteroatoms. The van der Waals surface area contributed by atoms with E-state index >= 15 is 0 Å². The molecule has 108 valence electrons. The van der Waals surface area contributed by atoms with Crippen molar-refractivity contribution in [3.05, 3.63) is 54.0 Å². The number of nitrogens with one attached hydrogen (secondary N) is 1. The molecule has 2 rings (SSSR count). The molecule has 0 saturated heterocycles. The fraction of sp³-hybridized carbons (Fsp3) is 0.143. The van der Waals surface area contributed by atoms with E-state index in [9.17, 15) is 9.59 Å². The molecule has 0 saturated carbocycles. The van der Waals surface area contributed by atoms with E-state index in [1.165, 1.54) is 19.5 Å². The van der Waals surface area contributed by atoms with Gasteiger partial charge in [0.25, 0.3) is 5.91 Å². The summed E-state index contributed by atoms with van der Waals surface area (Å²) in [6.07, 6.45) is 1.67. The molecule has 1 unspecified atom stereocenters. The van der Waals surface area contributed by atoms with Crippen LogP contribution in [0.15, 0.2) is 42.7 Å². The van der Waals surface area contributed by atoms with E-state index in [2.05, 4.69) is 15.3 Å². The smallest absolute Gasteiger partial charge is 0.358 e. The predicted molar refractivity (Wildman–Crippen MR) is 73.8 cm³/mol. The van der Waals surface area contributed by atoms with E-state index in [4.69, 9.17) is 9.84 Å². The van der Waals surface area contributed by atoms with Crippen molar-refractivity contribution < 1.29 is 19.4 Å². The number of nitrogens with zero attached hydrogens (tertiary/aromatic N) is 2. The topological polar surface area (TPSA) is 101 Å². The Labute approximate surface area is 120 Å². The molecule has 0 aliphatic rings. The molecule has 2 aromatic rings. The Morgan fingerprint density at radius 1 is 1.19 bits per heavy atom. The molecule has 2 N–H and O–H groups in total. The molecule has 1 heterocycles. The van der Waals surface area contributed by atoms with Gasteiger partial charge >= 0.3 is 5.97 Å². The lowest BCUT2D eigenvalue weighted by molar-refractivity contribution is -0.126. The SMILES string of the molecule is COC(C(=O)Nc1nccnc1C(=O)O)c1ccccc1. The first-order chi connectivity index (χ1) is 10.1. The summed E-state index contributed by atoms with van der Waals surface area (Å²) in [7, 11) is 1.39. The second-order valence-electron chi connectivity index (χ2n) is 4.07. The number of anilines is 1. The molecule has 0 fully saturated rings. The van der Waals surface area contributed by atoms with Gasteiger partial charge in [-0.15, -0.1) is 0 Å². The number of hydrogen-bond acceptors (Lipinski definition) is 5. The first-order valence-corrected chi connectivity index (χ1v) is 6.06. The standard InChI is InChI=1S/C14H13N3O4/c1-21-11(9-5-3-2-4-6-9)13(18)17-12-10(14(19)20)15-7-8-16-12/h2-8,11H,1H3,(H,19,20)(H,16,17,18). The van der Waals surface area contributed by atoms with Crippen LogP contribution in [0.3, 0.4) is 0 Å². The second kappa shape index (κ2) is 6.58. The number of methoxy groups -OCH3 is 1. The van der Waals surface area contributed by atoms with Crippen LogP contribution in [0.4, 0.5) is 5.82 Å². The maximum absolute atomic E-state index is 12.2. The second-order valence-corrected chi connectivity index (χ2v) is 4.07. The van der Waals surface area contributed by atoms with Crippen LogP contribution in [-0.4, -0.2) is 34.1 Å². The van der Waals surface area contributed by atoms with Crippen molar-refractivity contribution in [1.29, 1.82) is 0 Å². The van der Waals surface area contributed by atoms with Gasteiger partial charge in [-0.05, 0) is 5.56 Å². The van der Waals surface area contributed by atoms with Crippen molar-refractivity contribution in [2.45, 2.75) is 6.10 Å². The van der Waals surface area contributed by atoms with Gasteiger partial charge in [0.05, 0.1) is 0 Å². The Hall–Kier alpha value is -2.80. The fourth-order valence-corrected chi connectivity index (χ4v) is 1.79. The van der Waals surface area contributed by atoms with Crippen molar-refractivity contribution in [3.8, 4) is 0 Å². The van der Waals surface area contributed by atoms with E-state index in [-0.39, 0.29) is 11.5 Å². The van der Waals surface area contributed by atoms with E-state index in [1.54, 1.807) is 24.3 Å². The molecular formula is C14H13N3O4. The summed E-state index contributed by atoms with van der Waals surface area (Å²) >= 11 is 0. The molecule has 1 aromatic carbocycles. The van der Waals surface area contributed by atoms with Gasteiger partial charge in [-0.3, -0.25) is 4.79 Å². The maximum Gasteiger partial charge on any atom is 0.358 e. The first-order valence-electron chi connectivity index (χ1n) is 6.06. The first kappa shape index (κ1) is 14.6. The lowest BCUT2D eigenvalue weighted by atomic mass is 10.1. The summed E-state index contributed by atoms with van der Waals surface area (Å²) in [6, 6.07) is 8.85. The summed E-state index contributed by atoms with van der Waals surface area (Å²) in [5, 5.41) is 11.4. The van der Waals surface area contributed by atoms with Gasteiger partial charge < -0.3 is 15.2 Å². The highest BCUT2D eigenvalue weighted by atomic mass is 16.5. The van der Waals surface area contributed by atoms with Crippen LogP contribution < -0.4 is 5.32 Å². The highest BCUT2D eigenvalue weighted by Crippen LogP contribution is 2.19. The molecule has 0 aliphatic heterocycles. The monoisotopic (exact) mass is 287 g/mol. The van der Waals surface area contributed by atoms with Gasteiger partial charge in [-0.25, -0.2) is 14.8 Å². The molecule has 0 aliphatic carbocycles. The highest BCUT2D eigenvalue weighted by molar-refractivity contribution is 5.99. The van der Waals surface area contributed by atoms with Crippen molar-refractivity contribution in [1.82, 2.24) is 9.97 Å². The summed E-state index contributed by atoms with van der Waals surface area (Å²) < 4.78 is 5.16. The third-order valence-corrected chi connectivity index (χ3v) is 2.72. The van der Waals surface area contributed by atoms with Gasteiger partial charge in [0.15, 0.2) is 17.6 Å². The van der Waals surface area contributed by atoms with Gasteiger partial charge in [-0.1, -0.05) is 30.3 Å². The number of carboxylic acids is 1. The Balaban J connectivity index is 2.23. The van der Waals surface area contributed by atoms with Gasteiger partial charge in [0.1, 0.15) is 0 Å². The number of rotatable bonds is 5. The molecule has 21 heavy (non-hydrogen) atoms. The fourth-order valence-electron chi connectivity index (χ4n) is 1.79. The van der Waals surface area contributed by atoms with Gasteiger partial charge in [-0.2, -0.15) is 0 Å². The Morgan fingerprint density at radius 3 is 2.48 bits per heavy atom. The van der Waals surface area contributed by atoms with Crippen LogP contribution >= 0.6 is 0 Å². The van der Waals surface area contributed by atoms with E-state index < -0.39 is 18.0 Å². The third kappa shape index (κ3) is 3.40. The Kier molecular flexibility index (Phi) is 4.57. The number of aromatic carboxylic acids is 1. The molecule has 7 nitrogen and oxygen atoms in total.